The minimum Gasteiger partial charge on any atom is -0.491 e. The van der Waals surface area contributed by atoms with Crippen LogP contribution in [0.2, 0.25) is 0 Å². The molecular weight excluding hydrogens is 340 g/mol. The van der Waals surface area contributed by atoms with Crippen molar-refractivity contribution in [2.45, 2.75) is 45.8 Å². The molecule has 1 atom stereocenters. The first-order chi connectivity index (χ1) is 12.9. The number of hydrogen-bond donors (Lipinski definition) is 2. The third-order valence-corrected chi connectivity index (χ3v) is 4.44. The fraction of sp³-hybridized carbons (Fsp3) is 0.364. The van der Waals surface area contributed by atoms with Gasteiger partial charge in [-0.1, -0.05) is 18.2 Å². The van der Waals surface area contributed by atoms with Crippen molar-refractivity contribution in [3.63, 3.8) is 0 Å². The monoisotopic (exact) mass is 366 g/mol. The minimum atomic E-state index is -0.174. The first-order valence-corrected chi connectivity index (χ1v) is 9.41. The SMILES string of the molecule is CC(C)Oc1ccc(C(C)NC(=O)c2cccc(NC(=O)C3CC3)c2)cc1. The number of anilines is 1. The summed E-state index contributed by atoms with van der Waals surface area (Å²) in [5, 5.41) is 5.87. The van der Waals surface area contributed by atoms with Gasteiger partial charge in [0.05, 0.1) is 12.1 Å². The van der Waals surface area contributed by atoms with Crippen LogP contribution in [0, 0.1) is 5.92 Å². The molecule has 1 fully saturated rings. The summed E-state index contributed by atoms with van der Waals surface area (Å²) in [7, 11) is 0. The number of amides is 2. The lowest BCUT2D eigenvalue weighted by Gasteiger charge is -2.16. The standard InChI is InChI=1S/C22H26N2O3/c1-14(2)27-20-11-9-16(10-12-20)15(3)23-22(26)18-5-4-6-19(13-18)24-21(25)17-7-8-17/h4-6,9-15,17H,7-8H2,1-3H3,(H,23,26)(H,24,25). The molecule has 5 nitrogen and oxygen atoms in total. The van der Waals surface area contributed by atoms with Gasteiger partial charge in [0, 0.05) is 17.2 Å². The van der Waals surface area contributed by atoms with E-state index in [9.17, 15) is 9.59 Å². The summed E-state index contributed by atoms with van der Waals surface area (Å²) in [5.41, 5.74) is 2.18. The average Bonchev–Trinajstić information content (AvgIpc) is 3.47. The van der Waals surface area contributed by atoms with Crippen molar-refractivity contribution in [2.24, 2.45) is 5.92 Å². The summed E-state index contributed by atoms with van der Waals surface area (Å²) in [6, 6.07) is 14.6. The van der Waals surface area contributed by atoms with Gasteiger partial charge in [0.1, 0.15) is 5.75 Å². The molecule has 2 aromatic rings. The number of carbonyl (C=O) groups is 2. The lowest BCUT2D eigenvalue weighted by Crippen LogP contribution is -2.26. The Balaban J connectivity index is 1.61. The van der Waals surface area contributed by atoms with Crippen LogP contribution >= 0.6 is 0 Å². The minimum absolute atomic E-state index is 0.0321. The predicted molar refractivity (Wildman–Crippen MR) is 106 cm³/mol. The third-order valence-electron chi connectivity index (χ3n) is 4.44. The molecule has 2 N–H and O–H groups in total. The van der Waals surface area contributed by atoms with Crippen molar-refractivity contribution < 1.29 is 14.3 Å². The predicted octanol–water partition coefficient (Wildman–Crippen LogP) is 4.31. The average molecular weight is 366 g/mol. The highest BCUT2D eigenvalue weighted by molar-refractivity contribution is 5.98. The Bertz CT molecular complexity index is 811. The van der Waals surface area contributed by atoms with Crippen LogP contribution < -0.4 is 15.4 Å². The molecule has 5 heteroatoms. The molecule has 0 spiro atoms. The number of benzene rings is 2. The highest BCUT2D eigenvalue weighted by Crippen LogP contribution is 2.30. The quantitative estimate of drug-likeness (QED) is 0.767. The first kappa shape index (κ1) is 19.0. The zero-order valence-electron chi connectivity index (χ0n) is 16.0. The van der Waals surface area contributed by atoms with Crippen LogP contribution in [0.15, 0.2) is 48.5 Å². The van der Waals surface area contributed by atoms with E-state index in [-0.39, 0.29) is 29.9 Å². The normalized spacial score (nSPS) is 14.5. The van der Waals surface area contributed by atoms with Crippen LogP contribution in [0.1, 0.15) is 55.6 Å². The molecule has 27 heavy (non-hydrogen) atoms. The van der Waals surface area contributed by atoms with Gasteiger partial charge in [0.25, 0.3) is 5.91 Å². The molecule has 2 aromatic carbocycles. The second kappa shape index (κ2) is 8.25. The van der Waals surface area contributed by atoms with Crippen LogP contribution in [-0.4, -0.2) is 17.9 Å². The Morgan fingerprint density at radius 1 is 1.04 bits per heavy atom. The molecule has 0 aromatic heterocycles. The van der Waals surface area contributed by atoms with Crippen molar-refractivity contribution >= 4 is 17.5 Å². The second-order valence-corrected chi connectivity index (χ2v) is 7.28. The lowest BCUT2D eigenvalue weighted by atomic mass is 10.1. The number of hydrogen-bond acceptors (Lipinski definition) is 3. The van der Waals surface area contributed by atoms with Crippen molar-refractivity contribution in [1.82, 2.24) is 5.32 Å². The van der Waals surface area contributed by atoms with Crippen molar-refractivity contribution in [2.75, 3.05) is 5.32 Å². The molecule has 2 amide bonds. The van der Waals surface area contributed by atoms with Gasteiger partial charge in [0.15, 0.2) is 0 Å². The van der Waals surface area contributed by atoms with Gasteiger partial charge in [-0.2, -0.15) is 0 Å². The zero-order valence-corrected chi connectivity index (χ0v) is 16.0. The fourth-order valence-corrected chi connectivity index (χ4v) is 2.80. The van der Waals surface area contributed by atoms with E-state index in [0.29, 0.717) is 11.3 Å². The van der Waals surface area contributed by atoms with Gasteiger partial charge in [-0.25, -0.2) is 0 Å². The van der Waals surface area contributed by atoms with Gasteiger partial charge in [-0.3, -0.25) is 9.59 Å². The van der Waals surface area contributed by atoms with E-state index in [1.807, 2.05) is 45.0 Å². The summed E-state index contributed by atoms with van der Waals surface area (Å²) in [4.78, 5) is 24.5. The summed E-state index contributed by atoms with van der Waals surface area (Å²) >= 11 is 0. The van der Waals surface area contributed by atoms with Gasteiger partial charge in [0.2, 0.25) is 5.91 Å². The number of ether oxygens (including phenoxy) is 1. The molecule has 142 valence electrons. The third kappa shape index (κ3) is 5.33. The van der Waals surface area contributed by atoms with Crippen LogP contribution in [0.25, 0.3) is 0 Å². The molecular formula is C22H26N2O3. The zero-order chi connectivity index (χ0) is 19.4. The molecule has 0 bridgehead atoms. The Kier molecular flexibility index (Phi) is 5.79. The van der Waals surface area contributed by atoms with Crippen molar-refractivity contribution in [3.8, 4) is 5.75 Å². The summed E-state index contributed by atoms with van der Waals surface area (Å²) in [6.45, 7) is 5.91. The maximum Gasteiger partial charge on any atom is 0.251 e. The van der Waals surface area contributed by atoms with E-state index >= 15 is 0 Å². The number of carbonyl (C=O) groups excluding carboxylic acids is 2. The maximum atomic E-state index is 12.6. The highest BCUT2D eigenvalue weighted by atomic mass is 16.5. The largest absolute Gasteiger partial charge is 0.491 e. The van der Waals surface area contributed by atoms with E-state index in [4.69, 9.17) is 4.74 Å². The van der Waals surface area contributed by atoms with Crippen LogP contribution in [0.5, 0.6) is 5.75 Å². The molecule has 0 radical (unpaired) electrons. The second-order valence-electron chi connectivity index (χ2n) is 7.28. The lowest BCUT2D eigenvalue weighted by molar-refractivity contribution is -0.117. The molecule has 1 saturated carbocycles. The molecule has 3 rings (SSSR count). The molecule has 1 aliphatic rings. The molecule has 1 aliphatic carbocycles. The maximum absolute atomic E-state index is 12.6. The Morgan fingerprint density at radius 3 is 2.37 bits per heavy atom. The van der Waals surface area contributed by atoms with E-state index in [2.05, 4.69) is 10.6 Å². The topological polar surface area (TPSA) is 67.4 Å². The van der Waals surface area contributed by atoms with E-state index in [0.717, 1.165) is 24.2 Å². The van der Waals surface area contributed by atoms with Gasteiger partial charge < -0.3 is 15.4 Å². The molecule has 0 saturated heterocycles. The van der Waals surface area contributed by atoms with Gasteiger partial charge >= 0.3 is 0 Å². The Labute approximate surface area is 160 Å². The summed E-state index contributed by atoms with van der Waals surface area (Å²) in [6.07, 6.45) is 2.02. The Hall–Kier alpha value is -2.82. The van der Waals surface area contributed by atoms with E-state index in [1.54, 1.807) is 24.3 Å². The molecule has 1 unspecified atom stereocenters. The fourth-order valence-electron chi connectivity index (χ4n) is 2.80. The van der Waals surface area contributed by atoms with Crippen molar-refractivity contribution in [1.29, 1.82) is 0 Å². The van der Waals surface area contributed by atoms with Crippen LogP contribution in [0.3, 0.4) is 0 Å². The number of rotatable bonds is 7. The van der Waals surface area contributed by atoms with E-state index < -0.39 is 0 Å². The smallest absolute Gasteiger partial charge is 0.251 e. The first-order valence-electron chi connectivity index (χ1n) is 9.41. The van der Waals surface area contributed by atoms with Crippen molar-refractivity contribution in [3.05, 3.63) is 59.7 Å². The number of nitrogens with one attached hydrogen (secondary N) is 2. The van der Waals surface area contributed by atoms with Gasteiger partial charge in [-0.15, -0.1) is 0 Å². The van der Waals surface area contributed by atoms with E-state index in [1.165, 1.54) is 0 Å². The van der Waals surface area contributed by atoms with Crippen LogP contribution in [-0.2, 0) is 4.79 Å². The molecule has 0 heterocycles. The molecule has 0 aliphatic heterocycles. The highest BCUT2D eigenvalue weighted by Gasteiger charge is 2.29. The Morgan fingerprint density at radius 2 is 1.74 bits per heavy atom. The van der Waals surface area contributed by atoms with Gasteiger partial charge in [-0.05, 0) is 69.5 Å². The van der Waals surface area contributed by atoms with Crippen LogP contribution in [0.4, 0.5) is 5.69 Å². The summed E-state index contributed by atoms with van der Waals surface area (Å²) in [5.74, 6) is 0.800. The summed E-state index contributed by atoms with van der Waals surface area (Å²) < 4.78 is 5.64.